The van der Waals surface area contributed by atoms with E-state index in [1.165, 1.54) is 0 Å². The van der Waals surface area contributed by atoms with Crippen molar-refractivity contribution in [2.75, 3.05) is 26.2 Å². The van der Waals surface area contributed by atoms with Gasteiger partial charge in [-0.15, -0.1) is 0 Å². The van der Waals surface area contributed by atoms with Crippen molar-refractivity contribution in [1.82, 2.24) is 15.5 Å². The fourth-order valence-electron chi connectivity index (χ4n) is 2.68. The molecule has 0 saturated carbocycles. The molecule has 0 bridgehead atoms. The van der Waals surface area contributed by atoms with Crippen LogP contribution < -0.4 is 10.6 Å². The number of guanidine groups is 1. The van der Waals surface area contributed by atoms with Gasteiger partial charge in [-0.2, -0.15) is 0 Å². The molecule has 0 spiro atoms. The van der Waals surface area contributed by atoms with Crippen LogP contribution in [-0.4, -0.2) is 49.0 Å². The SMILES string of the molecule is CCCCN=C(NCC)NCCC(CC)N1CCCC1=O. The van der Waals surface area contributed by atoms with Gasteiger partial charge in [-0.25, -0.2) is 0 Å². The van der Waals surface area contributed by atoms with Crippen LogP contribution in [0.2, 0.25) is 0 Å². The molecule has 21 heavy (non-hydrogen) atoms. The number of carbonyl (C=O) groups is 1. The second-order valence-corrected chi connectivity index (χ2v) is 5.58. The number of likely N-dealkylation sites (tertiary alicyclic amines) is 1. The van der Waals surface area contributed by atoms with Crippen LogP contribution in [0.5, 0.6) is 0 Å². The predicted octanol–water partition coefficient (Wildman–Crippen LogP) is 2.13. The van der Waals surface area contributed by atoms with Crippen LogP contribution in [-0.2, 0) is 4.79 Å². The summed E-state index contributed by atoms with van der Waals surface area (Å²) in [6.07, 6.45) is 6.04. The van der Waals surface area contributed by atoms with Gasteiger partial charge in [0.1, 0.15) is 0 Å². The van der Waals surface area contributed by atoms with Crippen LogP contribution in [0.25, 0.3) is 0 Å². The van der Waals surface area contributed by atoms with Crippen LogP contribution in [0.4, 0.5) is 0 Å². The van der Waals surface area contributed by atoms with E-state index in [1.807, 2.05) is 0 Å². The lowest BCUT2D eigenvalue weighted by Gasteiger charge is -2.27. The van der Waals surface area contributed by atoms with Crippen molar-refractivity contribution in [3.8, 4) is 0 Å². The second kappa shape index (κ2) is 10.5. The van der Waals surface area contributed by atoms with Crippen molar-refractivity contribution >= 4 is 11.9 Å². The molecule has 122 valence electrons. The summed E-state index contributed by atoms with van der Waals surface area (Å²) < 4.78 is 0. The summed E-state index contributed by atoms with van der Waals surface area (Å²) in [6, 6.07) is 0.367. The van der Waals surface area contributed by atoms with E-state index < -0.39 is 0 Å². The fourth-order valence-corrected chi connectivity index (χ4v) is 2.68. The molecule has 1 amide bonds. The van der Waals surface area contributed by atoms with Crippen molar-refractivity contribution < 1.29 is 4.79 Å². The van der Waals surface area contributed by atoms with E-state index in [9.17, 15) is 4.79 Å². The average Bonchev–Trinajstić information content (AvgIpc) is 2.90. The minimum atomic E-state index is 0.324. The zero-order valence-corrected chi connectivity index (χ0v) is 14.0. The quantitative estimate of drug-likeness (QED) is 0.389. The molecule has 0 radical (unpaired) electrons. The third-order valence-corrected chi connectivity index (χ3v) is 3.92. The van der Waals surface area contributed by atoms with Crippen LogP contribution in [0.15, 0.2) is 4.99 Å². The zero-order valence-electron chi connectivity index (χ0n) is 14.0. The number of rotatable bonds is 9. The molecule has 1 aliphatic rings. The number of amides is 1. The Morgan fingerprint density at radius 2 is 2.14 bits per heavy atom. The van der Waals surface area contributed by atoms with Crippen molar-refractivity contribution in [3.05, 3.63) is 0 Å². The molecule has 1 rings (SSSR count). The van der Waals surface area contributed by atoms with E-state index in [-0.39, 0.29) is 0 Å². The average molecular weight is 296 g/mol. The Labute approximate surface area is 129 Å². The minimum absolute atomic E-state index is 0.324. The van der Waals surface area contributed by atoms with Crippen LogP contribution in [0, 0.1) is 0 Å². The van der Waals surface area contributed by atoms with Crippen LogP contribution in [0.1, 0.15) is 59.3 Å². The fraction of sp³-hybridized carbons (Fsp3) is 0.875. The first-order valence-electron chi connectivity index (χ1n) is 8.54. The standard InChI is InChI=1S/C16H32N4O/c1-4-7-11-18-16(17-6-3)19-12-10-14(5-2)20-13-8-9-15(20)21/h14H,4-13H2,1-3H3,(H2,17,18,19). The van der Waals surface area contributed by atoms with E-state index in [0.717, 1.165) is 70.7 Å². The topological polar surface area (TPSA) is 56.7 Å². The third-order valence-electron chi connectivity index (χ3n) is 3.92. The van der Waals surface area contributed by atoms with E-state index in [2.05, 4.69) is 41.3 Å². The molecule has 1 saturated heterocycles. The summed E-state index contributed by atoms with van der Waals surface area (Å²) in [7, 11) is 0. The molecule has 0 aromatic rings. The molecule has 0 aromatic heterocycles. The summed E-state index contributed by atoms with van der Waals surface area (Å²) in [5.41, 5.74) is 0. The number of aliphatic imine (C=N–C) groups is 1. The highest BCUT2D eigenvalue weighted by Gasteiger charge is 2.26. The van der Waals surface area contributed by atoms with E-state index in [0.29, 0.717) is 11.9 Å². The Hall–Kier alpha value is -1.26. The summed E-state index contributed by atoms with van der Waals surface area (Å²) >= 11 is 0. The highest BCUT2D eigenvalue weighted by molar-refractivity contribution is 5.80. The van der Waals surface area contributed by atoms with Gasteiger partial charge in [0.15, 0.2) is 5.96 Å². The van der Waals surface area contributed by atoms with Gasteiger partial charge >= 0.3 is 0 Å². The maximum Gasteiger partial charge on any atom is 0.222 e. The van der Waals surface area contributed by atoms with Gasteiger partial charge in [-0.3, -0.25) is 9.79 Å². The van der Waals surface area contributed by atoms with Gasteiger partial charge in [0.05, 0.1) is 0 Å². The van der Waals surface area contributed by atoms with Crippen molar-refractivity contribution in [3.63, 3.8) is 0 Å². The molecular weight excluding hydrogens is 264 g/mol. The Morgan fingerprint density at radius 3 is 2.71 bits per heavy atom. The molecule has 5 heteroatoms. The number of carbonyl (C=O) groups excluding carboxylic acids is 1. The highest BCUT2D eigenvalue weighted by atomic mass is 16.2. The third kappa shape index (κ3) is 6.36. The van der Waals surface area contributed by atoms with Crippen molar-refractivity contribution in [2.24, 2.45) is 4.99 Å². The van der Waals surface area contributed by atoms with Gasteiger partial charge in [0.25, 0.3) is 0 Å². The number of hydrogen-bond donors (Lipinski definition) is 2. The van der Waals surface area contributed by atoms with E-state index >= 15 is 0 Å². The van der Waals surface area contributed by atoms with E-state index in [4.69, 9.17) is 0 Å². The normalized spacial score (nSPS) is 17.2. The first kappa shape index (κ1) is 17.8. The Morgan fingerprint density at radius 1 is 1.33 bits per heavy atom. The summed E-state index contributed by atoms with van der Waals surface area (Å²) in [5.74, 6) is 1.22. The first-order valence-corrected chi connectivity index (χ1v) is 8.54. The first-order chi connectivity index (χ1) is 10.2. The smallest absolute Gasteiger partial charge is 0.222 e. The lowest BCUT2D eigenvalue weighted by atomic mass is 10.1. The summed E-state index contributed by atoms with van der Waals surface area (Å²) in [4.78, 5) is 18.4. The van der Waals surface area contributed by atoms with Crippen molar-refractivity contribution in [2.45, 2.75) is 65.3 Å². The maximum absolute atomic E-state index is 11.8. The monoisotopic (exact) mass is 296 g/mol. The number of hydrogen-bond acceptors (Lipinski definition) is 2. The lowest BCUT2D eigenvalue weighted by Crippen LogP contribution is -2.42. The molecule has 1 atom stereocenters. The highest BCUT2D eigenvalue weighted by Crippen LogP contribution is 2.17. The molecule has 0 aromatic carbocycles. The molecule has 1 fully saturated rings. The van der Waals surface area contributed by atoms with Gasteiger partial charge < -0.3 is 15.5 Å². The zero-order chi connectivity index (χ0) is 15.5. The molecule has 1 heterocycles. The maximum atomic E-state index is 11.8. The van der Waals surface area contributed by atoms with Gasteiger partial charge in [-0.1, -0.05) is 20.3 Å². The lowest BCUT2D eigenvalue weighted by molar-refractivity contribution is -0.129. The molecule has 0 aliphatic carbocycles. The summed E-state index contributed by atoms with van der Waals surface area (Å²) in [6.45, 7) is 9.95. The van der Waals surface area contributed by atoms with E-state index in [1.54, 1.807) is 0 Å². The van der Waals surface area contributed by atoms with Crippen LogP contribution in [0.3, 0.4) is 0 Å². The molecular formula is C16H32N4O. The number of nitrogens with one attached hydrogen (secondary N) is 2. The van der Waals surface area contributed by atoms with Gasteiger partial charge in [0, 0.05) is 38.6 Å². The molecule has 1 unspecified atom stereocenters. The Kier molecular flexibility index (Phi) is 8.87. The summed E-state index contributed by atoms with van der Waals surface area (Å²) in [5, 5.41) is 6.65. The second-order valence-electron chi connectivity index (χ2n) is 5.58. The Bertz CT molecular complexity index is 330. The van der Waals surface area contributed by atoms with Gasteiger partial charge in [-0.05, 0) is 32.6 Å². The predicted molar refractivity (Wildman–Crippen MR) is 88.5 cm³/mol. The number of unbranched alkanes of at least 4 members (excludes halogenated alkanes) is 1. The van der Waals surface area contributed by atoms with Crippen LogP contribution >= 0.6 is 0 Å². The molecule has 5 nitrogen and oxygen atoms in total. The minimum Gasteiger partial charge on any atom is -0.357 e. The largest absolute Gasteiger partial charge is 0.357 e. The van der Waals surface area contributed by atoms with Gasteiger partial charge in [0.2, 0.25) is 5.91 Å². The number of nitrogens with zero attached hydrogens (tertiary/aromatic N) is 2. The molecule has 1 aliphatic heterocycles. The molecule has 2 N–H and O–H groups in total. The van der Waals surface area contributed by atoms with Crippen molar-refractivity contribution in [1.29, 1.82) is 0 Å². The Balaban J connectivity index is 2.36.